The van der Waals surface area contributed by atoms with Crippen LogP contribution in [0, 0.1) is 17.7 Å². The third-order valence-corrected chi connectivity index (χ3v) is 10.5. The van der Waals surface area contributed by atoms with E-state index in [1.165, 1.54) is 59.1 Å². The first-order valence-electron chi connectivity index (χ1n) is 15.8. The summed E-state index contributed by atoms with van der Waals surface area (Å²) in [5, 5.41) is 2.61. The molecule has 8 rings (SSSR count). The van der Waals surface area contributed by atoms with Crippen LogP contribution in [0.4, 0.5) is 10.1 Å². The SMILES string of the molecule is Fc1cccc(C2(c3ccc(N4CCOCC4)cc3)C=CC3=c4ccccc4=C(N4CCC5CCC5CC4)CC3O2)c1. The number of rotatable bonds is 4. The molecule has 5 heteroatoms. The lowest BCUT2D eigenvalue weighted by atomic mass is 9.71. The second-order valence-electron chi connectivity index (χ2n) is 12.6. The van der Waals surface area contributed by atoms with E-state index in [1.54, 1.807) is 12.1 Å². The predicted molar refractivity (Wildman–Crippen MR) is 165 cm³/mol. The third-order valence-electron chi connectivity index (χ3n) is 10.5. The molecule has 0 bridgehead atoms. The van der Waals surface area contributed by atoms with Crippen LogP contribution in [0.3, 0.4) is 0 Å². The molecule has 3 aromatic rings. The van der Waals surface area contributed by atoms with Gasteiger partial charge in [-0.15, -0.1) is 0 Å². The molecule has 3 fully saturated rings. The molecule has 5 aliphatic rings. The fourth-order valence-corrected chi connectivity index (χ4v) is 8.01. The van der Waals surface area contributed by atoms with Gasteiger partial charge in [0.1, 0.15) is 11.4 Å². The van der Waals surface area contributed by atoms with Gasteiger partial charge in [-0.2, -0.15) is 0 Å². The van der Waals surface area contributed by atoms with Gasteiger partial charge in [0.05, 0.1) is 19.3 Å². The molecule has 216 valence electrons. The van der Waals surface area contributed by atoms with Crippen molar-refractivity contribution in [2.75, 3.05) is 44.3 Å². The van der Waals surface area contributed by atoms with Crippen LogP contribution in [0.25, 0.3) is 11.3 Å². The van der Waals surface area contributed by atoms with E-state index in [2.05, 4.69) is 70.5 Å². The van der Waals surface area contributed by atoms with Crippen molar-refractivity contribution in [2.45, 2.75) is 43.8 Å². The lowest BCUT2D eigenvalue weighted by Crippen LogP contribution is -2.47. The van der Waals surface area contributed by atoms with Gasteiger partial charge in [0.25, 0.3) is 0 Å². The summed E-state index contributed by atoms with van der Waals surface area (Å²) in [5.41, 5.74) is 4.78. The first-order valence-corrected chi connectivity index (χ1v) is 15.8. The Labute approximate surface area is 247 Å². The van der Waals surface area contributed by atoms with Crippen molar-refractivity contribution in [1.29, 1.82) is 0 Å². The second-order valence-corrected chi connectivity index (χ2v) is 12.6. The zero-order valence-electron chi connectivity index (χ0n) is 24.2. The summed E-state index contributed by atoms with van der Waals surface area (Å²) in [4.78, 5) is 5.02. The van der Waals surface area contributed by atoms with Crippen molar-refractivity contribution >= 4 is 17.0 Å². The van der Waals surface area contributed by atoms with Gasteiger partial charge in [-0.25, -0.2) is 4.39 Å². The zero-order chi connectivity index (χ0) is 28.1. The molecule has 0 amide bonds. The summed E-state index contributed by atoms with van der Waals surface area (Å²) in [6, 6.07) is 24.5. The van der Waals surface area contributed by atoms with Gasteiger partial charge in [0.2, 0.25) is 0 Å². The molecule has 3 aliphatic heterocycles. The maximum Gasteiger partial charge on any atom is 0.138 e. The zero-order valence-corrected chi connectivity index (χ0v) is 24.2. The number of ether oxygens (including phenoxy) is 2. The lowest BCUT2D eigenvalue weighted by molar-refractivity contribution is -0.0190. The molecule has 0 spiro atoms. The van der Waals surface area contributed by atoms with E-state index in [0.717, 1.165) is 68.8 Å². The molecule has 42 heavy (non-hydrogen) atoms. The molecule has 2 aliphatic carbocycles. The number of fused-ring (bicyclic) bond motifs is 3. The average molecular weight is 563 g/mol. The molecule has 0 radical (unpaired) electrons. The standard InChI is InChI=1S/C37H39FN2O2/c38-30-5-3-4-29(24-30)37(28-10-12-31(13-11-28)39-20-22-41-23-21-39)17-14-34-32-6-1-2-7-33(32)35(25-36(34)42-37)40-18-15-26-8-9-27(26)16-19-40/h1-7,10-14,17,24,26-27,36H,8-9,15-16,18-23,25H2. The van der Waals surface area contributed by atoms with E-state index in [9.17, 15) is 4.39 Å². The quantitative estimate of drug-likeness (QED) is 0.428. The first kappa shape index (κ1) is 26.2. The monoisotopic (exact) mass is 562 g/mol. The summed E-state index contributed by atoms with van der Waals surface area (Å²) >= 11 is 0. The Morgan fingerprint density at radius 3 is 2.17 bits per heavy atom. The molecule has 3 heterocycles. The average Bonchev–Trinajstić information content (AvgIpc) is 3.17. The molecule has 1 saturated carbocycles. The van der Waals surface area contributed by atoms with Crippen LogP contribution < -0.4 is 15.3 Å². The predicted octanol–water partition coefficient (Wildman–Crippen LogP) is 5.35. The van der Waals surface area contributed by atoms with Gasteiger partial charge in [0, 0.05) is 49.2 Å². The Hall–Kier alpha value is -3.41. The smallest absolute Gasteiger partial charge is 0.138 e. The maximum absolute atomic E-state index is 14.7. The highest BCUT2D eigenvalue weighted by molar-refractivity contribution is 5.70. The minimum atomic E-state index is -0.880. The number of nitrogens with zero attached hydrogens (tertiary/aromatic N) is 2. The number of hydrogen-bond acceptors (Lipinski definition) is 4. The van der Waals surface area contributed by atoms with E-state index >= 15 is 0 Å². The van der Waals surface area contributed by atoms with Gasteiger partial charge in [-0.1, -0.05) is 54.6 Å². The Balaban J connectivity index is 1.21. The van der Waals surface area contributed by atoms with Crippen LogP contribution in [0.1, 0.15) is 43.2 Å². The molecule has 4 atom stereocenters. The van der Waals surface area contributed by atoms with Gasteiger partial charge in [-0.05, 0) is 89.8 Å². The minimum Gasteiger partial charge on any atom is -0.378 e. The van der Waals surface area contributed by atoms with E-state index in [0.29, 0.717) is 0 Å². The van der Waals surface area contributed by atoms with Crippen molar-refractivity contribution < 1.29 is 13.9 Å². The summed E-state index contributed by atoms with van der Waals surface area (Å²) < 4.78 is 27.6. The van der Waals surface area contributed by atoms with Crippen LogP contribution in [-0.2, 0) is 15.1 Å². The Morgan fingerprint density at radius 1 is 0.714 bits per heavy atom. The molecular weight excluding hydrogens is 523 g/mol. The highest BCUT2D eigenvalue weighted by Crippen LogP contribution is 2.45. The van der Waals surface area contributed by atoms with Gasteiger partial charge < -0.3 is 19.3 Å². The fourth-order valence-electron chi connectivity index (χ4n) is 8.01. The number of morpholine rings is 1. The third kappa shape index (κ3) is 4.49. The van der Waals surface area contributed by atoms with Crippen molar-refractivity contribution in [2.24, 2.45) is 11.8 Å². The van der Waals surface area contributed by atoms with Gasteiger partial charge >= 0.3 is 0 Å². The number of hydrogen-bond donors (Lipinski definition) is 0. The fraction of sp³-hybridized carbons (Fsp3) is 0.405. The highest BCUT2D eigenvalue weighted by Gasteiger charge is 2.42. The summed E-state index contributed by atoms with van der Waals surface area (Å²) in [5.74, 6) is 1.57. The van der Waals surface area contributed by atoms with Gasteiger partial charge in [0.15, 0.2) is 0 Å². The van der Waals surface area contributed by atoms with Crippen LogP contribution in [0.15, 0.2) is 84.9 Å². The summed E-state index contributed by atoms with van der Waals surface area (Å²) in [6.07, 6.45) is 10.5. The first-order chi connectivity index (χ1) is 20.7. The van der Waals surface area contributed by atoms with Crippen molar-refractivity contribution in [3.05, 3.63) is 112 Å². The summed E-state index contributed by atoms with van der Waals surface area (Å²) in [6.45, 7) is 5.53. The molecular formula is C37H39FN2O2. The molecule has 2 saturated heterocycles. The van der Waals surface area contributed by atoms with Crippen LogP contribution >= 0.6 is 0 Å². The molecule has 4 nitrogen and oxygen atoms in total. The van der Waals surface area contributed by atoms with E-state index < -0.39 is 5.60 Å². The Kier molecular flexibility index (Phi) is 6.68. The largest absolute Gasteiger partial charge is 0.378 e. The lowest BCUT2D eigenvalue weighted by Gasteiger charge is -2.42. The van der Waals surface area contributed by atoms with Crippen molar-refractivity contribution in [1.82, 2.24) is 4.90 Å². The summed E-state index contributed by atoms with van der Waals surface area (Å²) in [7, 11) is 0. The van der Waals surface area contributed by atoms with Gasteiger partial charge in [-0.3, -0.25) is 0 Å². The second kappa shape index (κ2) is 10.7. The van der Waals surface area contributed by atoms with Crippen molar-refractivity contribution in [3.63, 3.8) is 0 Å². The normalized spacial score (nSPS) is 28.8. The van der Waals surface area contributed by atoms with E-state index in [1.807, 2.05) is 6.07 Å². The van der Waals surface area contributed by atoms with Crippen LogP contribution in [0.5, 0.6) is 0 Å². The molecule has 3 aromatic carbocycles. The molecule has 0 N–H and O–H groups in total. The molecule has 0 aromatic heterocycles. The topological polar surface area (TPSA) is 24.9 Å². The number of halogens is 1. The van der Waals surface area contributed by atoms with Crippen molar-refractivity contribution in [3.8, 4) is 0 Å². The Morgan fingerprint density at radius 2 is 1.45 bits per heavy atom. The maximum atomic E-state index is 14.7. The highest BCUT2D eigenvalue weighted by atomic mass is 19.1. The molecule has 4 unspecified atom stereocenters. The minimum absolute atomic E-state index is 0.123. The van der Waals surface area contributed by atoms with E-state index in [-0.39, 0.29) is 11.9 Å². The van der Waals surface area contributed by atoms with Crippen LogP contribution in [-0.4, -0.2) is 50.4 Å². The number of benzene rings is 3. The number of likely N-dealkylation sites (tertiary alicyclic amines) is 1. The Bertz CT molecular complexity index is 1610. The number of anilines is 1. The van der Waals surface area contributed by atoms with E-state index in [4.69, 9.17) is 9.47 Å². The van der Waals surface area contributed by atoms with Crippen LogP contribution in [0.2, 0.25) is 0 Å².